The molecule has 132 valence electrons. The summed E-state index contributed by atoms with van der Waals surface area (Å²) in [6, 6.07) is 9.40. The number of hydrogen-bond acceptors (Lipinski definition) is 4. The maximum Gasteiger partial charge on any atom is 0.220 e. The van der Waals surface area contributed by atoms with E-state index in [2.05, 4.69) is 21.6 Å². The molecule has 0 unspecified atom stereocenters. The number of rotatable bonds is 8. The van der Waals surface area contributed by atoms with Gasteiger partial charge >= 0.3 is 0 Å². The lowest BCUT2D eigenvalue weighted by Crippen LogP contribution is -2.43. The molecule has 1 fully saturated rings. The third-order valence-electron chi connectivity index (χ3n) is 4.16. The first-order valence-electron chi connectivity index (χ1n) is 8.47. The van der Waals surface area contributed by atoms with Crippen molar-refractivity contribution in [2.75, 3.05) is 32.7 Å². The van der Waals surface area contributed by atoms with Crippen LogP contribution in [0.2, 0.25) is 0 Å². The number of nitriles is 1. The number of hydrogen-bond donors (Lipinski definition) is 2. The van der Waals surface area contributed by atoms with Crippen LogP contribution in [0.3, 0.4) is 0 Å². The lowest BCUT2D eigenvalue weighted by atomic mass is 10.1. The molecule has 0 radical (unpaired) electrons. The van der Waals surface area contributed by atoms with Crippen LogP contribution >= 0.6 is 12.4 Å². The lowest BCUT2D eigenvalue weighted by Gasteiger charge is -2.26. The van der Waals surface area contributed by atoms with Gasteiger partial charge in [0.05, 0.1) is 11.6 Å². The van der Waals surface area contributed by atoms with Gasteiger partial charge in [-0.1, -0.05) is 18.6 Å². The van der Waals surface area contributed by atoms with E-state index in [4.69, 9.17) is 5.26 Å². The zero-order valence-electron chi connectivity index (χ0n) is 14.1. The van der Waals surface area contributed by atoms with E-state index in [0.29, 0.717) is 18.5 Å². The standard InChI is InChI=1S/C18H26N4O.ClH/c19-14-16-5-7-17(8-6-16)15-21-18(23)4-2-1-3-11-22-12-9-20-10-13-22;/h5-8,20H,1-4,9-13,15H2,(H,21,23);1H. The second-order valence-corrected chi connectivity index (χ2v) is 5.99. The molecular formula is C18H27ClN4O. The number of carbonyl (C=O) groups is 1. The highest BCUT2D eigenvalue weighted by molar-refractivity contribution is 5.85. The van der Waals surface area contributed by atoms with Gasteiger partial charge in [-0.05, 0) is 37.1 Å². The van der Waals surface area contributed by atoms with E-state index in [1.54, 1.807) is 12.1 Å². The summed E-state index contributed by atoms with van der Waals surface area (Å²) >= 11 is 0. The molecule has 0 spiro atoms. The van der Waals surface area contributed by atoms with Gasteiger partial charge in [0.1, 0.15) is 0 Å². The van der Waals surface area contributed by atoms with Gasteiger partial charge in [-0.3, -0.25) is 4.79 Å². The molecule has 0 aliphatic carbocycles. The van der Waals surface area contributed by atoms with Gasteiger partial charge in [-0.2, -0.15) is 5.26 Å². The Balaban J connectivity index is 0.00000288. The number of nitrogens with one attached hydrogen (secondary N) is 2. The van der Waals surface area contributed by atoms with E-state index in [1.807, 2.05) is 12.1 Å². The Morgan fingerprint density at radius 2 is 1.88 bits per heavy atom. The topological polar surface area (TPSA) is 68.2 Å². The van der Waals surface area contributed by atoms with Crippen LogP contribution in [0.1, 0.15) is 36.8 Å². The molecule has 0 aromatic heterocycles. The summed E-state index contributed by atoms with van der Waals surface area (Å²) < 4.78 is 0. The Morgan fingerprint density at radius 3 is 2.54 bits per heavy atom. The van der Waals surface area contributed by atoms with E-state index in [9.17, 15) is 4.79 Å². The van der Waals surface area contributed by atoms with Crippen molar-refractivity contribution >= 4 is 18.3 Å². The van der Waals surface area contributed by atoms with Gasteiger partial charge < -0.3 is 15.5 Å². The van der Waals surface area contributed by atoms with Crippen LogP contribution < -0.4 is 10.6 Å². The summed E-state index contributed by atoms with van der Waals surface area (Å²) in [5, 5.41) is 15.0. The fourth-order valence-corrected chi connectivity index (χ4v) is 2.72. The highest BCUT2D eigenvalue weighted by Crippen LogP contribution is 2.05. The molecule has 1 aromatic carbocycles. The summed E-state index contributed by atoms with van der Waals surface area (Å²) in [4.78, 5) is 14.3. The van der Waals surface area contributed by atoms with Gasteiger partial charge in [-0.25, -0.2) is 0 Å². The van der Waals surface area contributed by atoms with Crippen molar-refractivity contribution in [3.8, 4) is 6.07 Å². The van der Waals surface area contributed by atoms with Gasteiger partial charge in [0.25, 0.3) is 0 Å². The minimum Gasteiger partial charge on any atom is -0.352 e. The average Bonchev–Trinajstić information content (AvgIpc) is 2.61. The average molecular weight is 351 g/mol. The Hall–Kier alpha value is -1.61. The van der Waals surface area contributed by atoms with Crippen molar-refractivity contribution in [1.29, 1.82) is 5.26 Å². The summed E-state index contributed by atoms with van der Waals surface area (Å²) in [5.41, 5.74) is 1.67. The Labute approximate surface area is 150 Å². The molecule has 0 atom stereocenters. The first-order chi connectivity index (χ1) is 11.3. The summed E-state index contributed by atoms with van der Waals surface area (Å²) in [7, 11) is 0. The molecule has 1 heterocycles. The molecule has 5 nitrogen and oxygen atoms in total. The highest BCUT2D eigenvalue weighted by Gasteiger charge is 2.08. The van der Waals surface area contributed by atoms with Crippen LogP contribution in [-0.2, 0) is 11.3 Å². The van der Waals surface area contributed by atoms with Gasteiger partial charge in [0.2, 0.25) is 5.91 Å². The fourth-order valence-electron chi connectivity index (χ4n) is 2.72. The second kappa shape index (κ2) is 11.9. The molecular weight excluding hydrogens is 324 g/mol. The van der Waals surface area contributed by atoms with E-state index >= 15 is 0 Å². The molecule has 2 N–H and O–H groups in total. The normalized spacial score (nSPS) is 14.5. The zero-order chi connectivity index (χ0) is 16.3. The van der Waals surface area contributed by atoms with E-state index in [0.717, 1.165) is 51.1 Å². The molecule has 1 aliphatic rings. The molecule has 1 aliphatic heterocycles. The van der Waals surface area contributed by atoms with Crippen LogP contribution in [0.5, 0.6) is 0 Å². The summed E-state index contributed by atoms with van der Waals surface area (Å²) in [6.45, 7) is 6.16. The predicted molar refractivity (Wildman–Crippen MR) is 98.0 cm³/mol. The molecule has 24 heavy (non-hydrogen) atoms. The maximum absolute atomic E-state index is 11.8. The van der Waals surface area contributed by atoms with E-state index < -0.39 is 0 Å². The molecule has 2 rings (SSSR count). The number of carbonyl (C=O) groups excluding carboxylic acids is 1. The lowest BCUT2D eigenvalue weighted by molar-refractivity contribution is -0.121. The van der Waals surface area contributed by atoms with Crippen molar-refractivity contribution in [2.45, 2.75) is 32.2 Å². The zero-order valence-corrected chi connectivity index (χ0v) is 14.9. The van der Waals surface area contributed by atoms with Crippen LogP contribution in [-0.4, -0.2) is 43.5 Å². The summed E-state index contributed by atoms with van der Waals surface area (Å²) in [6.07, 6.45) is 3.82. The molecule has 1 amide bonds. The Morgan fingerprint density at radius 1 is 1.17 bits per heavy atom. The van der Waals surface area contributed by atoms with Crippen LogP contribution in [0.15, 0.2) is 24.3 Å². The molecule has 0 saturated carbocycles. The smallest absolute Gasteiger partial charge is 0.220 e. The summed E-state index contributed by atoms with van der Waals surface area (Å²) in [5.74, 6) is 0.108. The molecule has 1 aromatic rings. The first kappa shape index (κ1) is 20.4. The number of amides is 1. The fraction of sp³-hybridized carbons (Fsp3) is 0.556. The minimum atomic E-state index is 0. The maximum atomic E-state index is 11.8. The molecule has 1 saturated heterocycles. The van der Waals surface area contributed by atoms with Crippen molar-refractivity contribution < 1.29 is 4.79 Å². The van der Waals surface area contributed by atoms with Gasteiger partial charge in [0.15, 0.2) is 0 Å². The van der Waals surface area contributed by atoms with Crippen LogP contribution in [0.25, 0.3) is 0 Å². The van der Waals surface area contributed by atoms with E-state index in [1.165, 1.54) is 6.42 Å². The highest BCUT2D eigenvalue weighted by atomic mass is 35.5. The molecule has 6 heteroatoms. The number of piperazine rings is 1. The third kappa shape index (κ3) is 7.78. The number of nitrogens with zero attached hydrogens (tertiary/aromatic N) is 2. The van der Waals surface area contributed by atoms with Crippen LogP contribution in [0, 0.1) is 11.3 Å². The van der Waals surface area contributed by atoms with E-state index in [-0.39, 0.29) is 18.3 Å². The number of halogens is 1. The SMILES string of the molecule is Cl.N#Cc1ccc(CNC(=O)CCCCCN2CCNCC2)cc1. The molecule has 0 bridgehead atoms. The predicted octanol–water partition coefficient (Wildman–Crippen LogP) is 2.06. The quantitative estimate of drug-likeness (QED) is 0.704. The number of unbranched alkanes of at least 4 members (excludes halogenated alkanes) is 2. The Kier molecular flexibility index (Phi) is 10.1. The van der Waals surface area contributed by atoms with Crippen molar-refractivity contribution in [2.24, 2.45) is 0 Å². The van der Waals surface area contributed by atoms with Gasteiger partial charge in [-0.15, -0.1) is 12.4 Å². The third-order valence-corrected chi connectivity index (χ3v) is 4.16. The minimum absolute atomic E-state index is 0. The second-order valence-electron chi connectivity index (χ2n) is 5.99. The van der Waals surface area contributed by atoms with Crippen molar-refractivity contribution in [3.63, 3.8) is 0 Å². The van der Waals surface area contributed by atoms with Gasteiger partial charge in [0, 0.05) is 39.1 Å². The monoisotopic (exact) mass is 350 g/mol. The van der Waals surface area contributed by atoms with Crippen molar-refractivity contribution in [1.82, 2.24) is 15.5 Å². The van der Waals surface area contributed by atoms with Crippen molar-refractivity contribution in [3.05, 3.63) is 35.4 Å². The van der Waals surface area contributed by atoms with Crippen LogP contribution in [0.4, 0.5) is 0 Å². The largest absolute Gasteiger partial charge is 0.352 e. The first-order valence-corrected chi connectivity index (χ1v) is 8.47. The Bertz CT molecular complexity index is 521. The number of benzene rings is 1.